The van der Waals surface area contributed by atoms with Crippen LogP contribution in [0.3, 0.4) is 0 Å². The molecule has 0 bridgehead atoms. The van der Waals surface area contributed by atoms with Gasteiger partial charge in [0.2, 0.25) is 5.91 Å². The lowest BCUT2D eigenvalue weighted by Gasteiger charge is -2.33. The molecule has 4 rings (SSSR count). The number of nitrogens with zero attached hydrogens (tertiary/aromatic N) is 2. The van der Waals surface area contributed by atoms with Crippen LogP contribution in [0.2, 0.25) is 0 Å². The normalized spacial score (nSPS) is 14.8. The third-order valence-corrected chi connectivity index (χ3v) is 5.90. The van der Waals surface area contributed by atoms with Gasteiger partial charge in [0.05, 0.1) is 17.2 Å². The van der Waals surface area contributed by atoms with Crippen LogP contribution in [0.4, 0.5) is 0 Å². The Balaban J connectivity index is 1.69. The molecule has 0 spiro atoms. The minimum absolute atomic E-state index is 0.206. The van der Waals surface area contributed by atoms with Crippen molar-refractivity contribution < 1.29 is 14.4 Å². The molecule has 0 unspecified atom stereocenters. The van der Waals surface area contributed by atoms with Crippen LogP contribution in [0.5, 0.6) is 0 Å². The lowest BCUT2D eigenvalue weighted by molar-refractivity contribution is -0.136. The van der Waals surface area contributed by atoms with E-state index in [-0.39, 0.29) is 18.4 Å². The highest BCUT2D eigenvalue weighted by Crippen LogP contribution is 2.28. The summed E-state index contributed by atoms with van der Waals surface area (Å²) in [6, 6.07) is 24.8. The second-order valence-electron chi connectivity index (χ2n) is 7.77. The lowest BCUT2D eigenvalue weighted by atomic mass is 10.0. The second kappa shape index (κ2) is 8.56. The largest absolute Gasteiger partial charge is 0.337 e. The Bertz CT molecular complexity index is 1080. The van der Waals surface area contributed by atoms with Crippen molar-refractivity contribution in [3.8, 4) is 0 Å². The van der Waals surface area contributed by atoms with Crippen LogP contribution < -0.4 is 0 Å². The molecule has 1 aliphatic heterocycles. The molecule has 5 nitrogen and oxygen atoms in total. The summed E-state index contributed by atoms with van der Waals surface area (Å²) in [7, 11) is 1.72. The van der Waals surface area contributed by atoms with E-state index >= 15 is 0 Å². The SMILES string of the molecule is C[C@H](c1ccccc1)N(C)C(=O)[C@H](Cc1ccccc1)N1C(=O)c2ccccc2C1=O. The molecule has 1 aliphatic rings. The zero-order chi connectivity index (χ0) is 22.0. The molecule has 3 aromatic carbocycles. The van der Waals surface area contributed by atoms with Gasteiger partial charge in [0.15, 0.2) is 0 Å². The van der Waals surface area contributed by atoms with E-state index in [2.05, 4.69) is 0 Å². The van der Waals surface area contributed by atoms with Gasteiger partial charge in [-0.05, 0) is 30.2 Å². The Morgan fingerprint density at radius 3 is 1.84 bits per heavy atom. The van der Waals surface area contributed by atoms with Gasteiger partial charge in [0.1, 0.15) is 6.04 Å². The van der Waals surface area contributed by atoms with Gasteiger partial charge in [-0.3, -0.25) is 19.3 Å². The maximum Gasteiger partial charge on any atom is 0.262 e. The summed E-state index contributed by atoms with van der Waals surface area (Å²) in [5.74, 6) is -1.11. The van der Waals surface area contributed by atoms with Gasteiger partial charge in [0.25, 0.3) is 11.8 Å². The van der Waals surface area contributed by atoms with Gasteiger partial charge in [-0.25, -0.2) is 0 Å². The second-order valence-corrected chi connectivity index (χ2v) is 7.77. The van der Waals surface area contributed by atoms with Crippen molar-refractivity contribution in [2.75, 3.05) is 7.05 Å². The number of likely N-dealkylation sites (N-methyl/N-ethyl adjacent to an activating group) is 1. The Kier molecular flexibility index (Phi) is 5.67. The average Bonchev–Trinajstić information content (AvgIpc) is 3.07. The van der Waals surface area contributed by atoms with Crippen LogP contribution >= 0.6 is 0 Å². The number of benzene rings is 3. The Morgan fingerprint density at radius 1 is 0.806 bits per heavy atom. The summed E-state index contributed by atoms with van der Waals surface area (Å²) in [4.78, 5) is 42.7. The topological polar surface area (TPSA) is 57.7 Å². The monoisotopic (exact) mass is 412 g/mol. The molecule has 0 N–H and O–H groups in total. The summed E-state index contributed by atoms with van der Waals surface area (Å²) in [5, 5.41) is 0. The van der Waals surface area contributed by atoms with Crippen LogP contribution in [0, 0.1) is 0 Å². The molecule has 2 atom stereocenters. The Labute approximate surface area is 181 Å². The molecule has 5 heteroatoms. The highest BCUT2D eigenvalue weighted by Gasteiger charge is 2.43. The van der Waals surface area contributed by atoms with Crippen molar-refractivity contribution in [3.05, 3.63) is 107 Å². The van der Waals surface area contributed by atoms with Crippen LogP contribution in [0.1, 0.15) is 44.8 Å². The van der Waals surface area contributed by atoms with Crippen molar-refractivity contribution in [1.29, 1.82) is 0 Å². The molecule has 0 fully saturated rings. The number of amides is 3. The van der Waals surface area contributed by atoms with E-state index in [1.54, 1.807) is 36.2 Å². The lowest BCUT2D eigenvalue weighted by Crippen LogP contribution is -2.51. The quantitative estimate of drug-likeness (QED) is 0.573. The molecule has 3 aromatic rings. The van der Waals surface area contributed by atoms with E-state index in [1.165, 1.54) is 0 Å². The fourth-order valence-electron chi connectivity index (χ4n) is 4.00. The van der Waals surface area contributed by atoms with E-state index in [0.29, 0.717) is 11.1 Å². The number of hydrogen-bond acceptors (Lipinski definition) is 3. The molecule has 0 saturated heterocycles. The fraction of sp³-hybridized carbons (Fsp3) is 0.192. The minimum Gasteiger partial charge on any atom is -0.337 e. The number of rotatable bonds is 6. The third-order valence-electron chi connectivity index (χ3n) is 5.90. The first-order valence-corrected chi connectivity index (χ1v) is 10.3. The molecule has 156 valence electrons. The van der Waals surface area contributed by atoms with E-state index in [4.69, 9.17) is 0 Å². The predicted octanol–water partition coefficient (Wildman–Crippen LogP) is 4.11. The van der Waals surface area contributed by atoms with E-state index in [9.17, 15) is 14.4 Å². The van der Waals surface area contributed by atoms with Crippen molar-refractivity contribution in [1.82, 2.24) is 9.80 Å². The van der Waals surface area contributed by atoms with Gasteiger partial charge in [-0.1, -0.05) is 72.8 Å². The molecule has 31 heavy (non-hydrogen) atoms. The average molecular weight is 412 g/mol. The number of fused-ring (bicyclic) bond motifs is 1. The van der Waals surface area contributed by atoms with Crippen LogP contribution in [0.15, 0.2) is 84.9 Å². The molecule has 0 aliphatic carbocycles. The first-order chi connectivity index (χ1) is 15.0. The number of hydrogen-bond donors (Lipinski definition) is 0. The van der Waals surface area contributed by atoms with Crippen molar-refractivity contribution in [2.24, 2.45) is 0 Å². The third kappa shape index (κ3) is 3.87. The van der Waals surface area contributed by atoms with E-state index < -0.39 is 17.9 Å². The molecule has 1 heterocycles. The fourth-order valence-corrected chi connectivity index (χ4v) is 4.00. The Morgan fingerprint density at radius 2 is 1.29 bits per heavy atom. The number of imide groups is 1. The Hall–Kier alpha value is -3.73. The predicted molar refractivity (Wildman–Crippen MR) is 119 cm³/mol. The summed E-state index contributed by atoms with van der Waals surface area (Å²) >= 11 is 0. The first kappa shape index (κ1) is 20.5. The van der Waals surface area contributed by atoms with E-state index in [0.717, 1.165) is 16.0 Å². The van der Waals surface area contributed by atoms with Crippen molar-refractivity contribution in [3.63, 3.8) is 0 Å². The van der Waals surface area contributed by atoms with Crippen LogP contribution in [-0.4, -0.2) is 40.6 Å². The number of carbonyl (C=O) groups is 3. The minimum atomic E-state index is -0.925. The van der Waals surface area contributed by atoms with Crippen molar-refractivity contribution in [2.45, 2.75) is 25.4 Å². The highest BCUT2D eigenvalue weighted by atomic mass is 16.2. The zero-order valence-corrected chi connectivity index (χ0v) is 17.6. The standard InChI is InChI=1S/C26H24N2O3/c1-18(20-13-7-4-8-14-20)27(2)26(31)23(17-19-11-5-3-6-12-19)28-24(29)21-15-9-10-16-22(21)25(28)30/h3-16,18,23H,17H2,1-2H3/t18-,23+/m1/s1. The summed E-state index contributed by atoms with van der Waals surface area (Å²) in [5.41, 5.74) is 2.56. The molecule has 0 radical (unpaired) electrons. The van der Waals surface area contributed by atoms with Crippen molar-refractivity contribution >= 4 is 17.7 Å². The van der Waals surface area contributed by atoms with Gasteiger partial charge in [0, 0.05) is 13.5 Å². The molecular weight excluding hydrogens is 388 g/mol. The van der Waals surface area contributed by atoms with Crippen LogP contribution in [-0.2, 0) is 11.2 Å². The van der Waals surface area contributed by atoms with Gasteiger partial charge in [-0.2, -0.15) is 0 Å². The summed E-state index contributed by atoms with van der Waals surface area (Å²) in [6.45, 7) is 1.94. The van der Waals surface area contributed by atoms with Gasteiger partial charge in [-0.15, -0.1) is 0 Å². The smallest absolute Gasteiger partial charge is 0.262 e. The maximum absolute atomic E-state index is 13.7. The van der Waals surface area contributed by atoms with Gasteiger partial charge >= 0.3 is 0 Å². The van der Waals surface area contributed by atoms with Crippen LogP contribution in [0.25, 0.3) is 0 Å². The first-order valence-electron chi connectivity index (χ1n) is 10.3. The molecule has 0 aromatic heterocycles. The highest BCUT2D eigenvalue weighted by molar-refractivity contribution is 6.22. The summed E-state index contributed by atoms with van der Waals surface area (Å²) < 4.78 is 0. The zero-order valence-electron chi connectivity index (χ0n) is 17.6. The molecular formula is C26H24N2O3. The maximum atomic E-state index is 13.7. The molecule has 0 saturated carbocycles. The summed E-state index contributed by atoms with van der Waals surface area (Å²) in [6.07, 6.45) is 0.261. The van der Waals surface area contributed by atoms with Gasteiger partial charge < -0.3 is 4.90 Å². The number of carbonyl (C=O) groups excluding carboxylic acids is 3. The molecule has 3 amide bonds. The van der Waals surface area contributed by atoms with E-state index in [1.807, 2.05) is 67.6 Å².